The molecule has 1 unspecified atom stereocenters. The first kappa shape index (κ1) is 15.5. The molecule has 22 heavy (non-hydrogen) atoms. The molecule has 122 valence electrons. The molecule has 2 aliphatic rings. The van der Waals surface area contributed by atoms with Gasteiger partial charge in [-0.2, -0.15) is 0 Å². The summed E-state index contributed by atoms with van der Waals surface area (Å²) >= 11 is 0. The van der Waals surface area contributed by atoms with Crippen molar-refractivity contribution in [2.75, 3.05) is 33.4 Å². The maximum atomic E-state index is 12.5. The van der Waals surface area contributed by atoms with Crippen LogP contribution in [0.1, 0.15) is 36.2 Å². The van der Waals surface area contributed by atoms with E-state index in [4.69, 9.17) is 9.47 Å². The second kappa shape index (κ2) is 6.38. The van der Waals surface area contributed by atoms with E-state index >= 15 is 0 Å². The quantitative estimate of drug-likeness (QED) is 0.773. The van der Waals surface area contributed by atoms with Gasteiger partial charge < -0.3 is 18.9 Å². The molecule has 1 aliphatic heterocycles. The molecule has 1 aromatic rings. The fourth-order valence-corrected chi connectivity index (χ4v) is 3.66. The van der Waals surface area contributed by atoms with Gasteiger partial charge in [-0.3, -0.25) is 4.79 Å². The highest BCUT2D eigenvalue weighted by Crippen LogP contribution is 2.50. The molecule has 1 aromatic heterocycles. The van der Waals surface area contributed by atoms with Crippen LogP contribution in [-0.2, 0) is 16.5 Å². The number of piperidine rings is 1. The van der Waals surface area contributed by atoms with Crippen molar-refractivity contribution in [1.29, 1.82) is 0 Å². The Morgan fingerprint density at radius 3 is 2.68 bits per heavy atom. The normalized spacial score (nSPS) is 23.5. The van der Waals surface area contributed by atoms with Gasteiger partial charge in [-0.1, -0.05) is 0 Å². The molecule has 0 aromatic carbocycles. The summed E-state index contributed by atoms with van der Waals surface area (Å²) in [5.41, 5.74) is 0.953. The van der Waals surface area contributed by atoms with Crippen molar-refractivity contribution in [3.8, 4) is 0 Å². The lowest BCUT2D eigenvalue weighted by Crippen LogP contribution is -2.54. The van der Waals surface area contributed by atoms with Gasteiger partial charge in [0, 0.05) is 32.7 Å². The number of aryl methyl sites for hydroxylation is 1. The van der Waals surface area contributed by atoms with Crippen molar-refractivity contribution in [1.82, 2.24) is 14.5 Å². The molecule has 1 saturated carbocycles. The lowest BCUT2D eigenvalue weighted by atomic mass is 9.60. The average Bonchev–Trinajstić information content (AvgIpc) is 2.96. The summed E-state index contributed by atoms with van der Waals surface area (Å²) in [4.78, 5) is 18.5. The maximum Gasteiger partial charge on any atom is 0.272 e. The smallest absolute Gasteiger partial charge is 0.272 e. The molecule has 1 aliphatic carbocycles. The maximum absolute atomic E-state index is 12.5. The SMILES string of the molecule is COCCOC1CCC12CCN(C(=O)c1cncn1C)CC2. The highest BCUT2D eigenvalue weighted by molar-refractivity contribution is 5.92. The van der Waals surface area contributed by atoms with Crippen LogP contribution in [-0.4, -0.2) is 59.9 Å². The van der Waals surface area contributed by atoms with E-state index < -0.39 is 0 Å². The van der Waals surface area contributed by atoms with E-state index in [1.165, 1.54) is 6.42 Å². The van der Waals surface area contributed by atoms with E-state index in [0.717, 1.165) is 32.4 Å². The number of ether oxygens (including phenoxy) is 2. The van der Waals surface area contributed by atoms with E-state index in [1.54, 1.807) is 24.2 Å². The van der Waals surface area contributed by atoms with Gasteiger partial charge in [0.25, 0.3) is 5.91 Å². The molecule has 1 saturated heterocycles. The molecule has 1 amide bonds. The van der Waals surface area contributed by atoms with Crippen molar-refractivity contribution in [2.24, 2.45) is 12.5 Å². The van der Waals surface area contributed by atoms with Gasteiger partial charge in [0.05, 0.1) is 31.8 Å². The molecule has 6 nitrogen and oxygen atoms in total. The predicted molar refractivity (Wildman–Crippen MR) is 81.6 cm³/mol. The fourth-order valence-electron chi connectivity index (χ4n) is 3.66. The zero-order chi connectivity index (χ0) is 15.6. The van der Waals surface area contributed by atoms with E-state index in [1.807, 2.05) is 11.9 Å². The number of amides is 1. The third-order valence-electron chi connectivity index (χ3n) is 5.28. The monoisotopic (exact) mass is 307 g/mol. The second-order valence-electron chi connectivity index (χ2n) is 6.44. The zero-order valence-electron chi connectivity index (χ0n) is 13.5. The molecule has 3 rings (SSSR count). The molecule has 2 fully saturated rings. The molecular weight excluding hydrogens is 282 g/mol. The molecule has 6 heteroatoms. The minimum atomic E-state index is 0.0889. The summed E-state index contributed by atoms with van der Waals surface area (Å²) in [5, 5.41) is 0. The predicted octanol–water partition coefficient (Wildman–Crippen LogP) is 1.47. The van der Waals surface area contributed by atoms with Gasteiger partial charge in [0.15, 0.2) is 0 Å². The summed E-state index contributed by atoms with van der Waals surface area (Å²) in [6, 6.07) is 0. The largest absolute Gasteiger partial charge is 0.382 e. The van der Waals surface area contributed by atoms with Crippen LogP contribution in [0.3, 0.4) is 0 Å². The minimum Gasteiger partial charge on any atom is -0.382 e. The van der Waals surface area contributed by atoms with Crippen molar-refractivity contribution >= 4 is 5.91 Å². The molecule has 1 spiro atoms. The first-order valence-corrected chi connectivity index (χ1v) is 8.02. The van der Waals surface area contributed by atoms with Crippen LogP contribution < -0.4 is 0 Å². The number of carbonyl (C=O) groups is 1. The summed E-state index contributed by atoms with van der Waals surface area (Å²) < 4.78 is 12.8. The molecular formula is C16H25N3O3. The highest BCUT2D eigenvalue weighted by Gasteiger charge is 2.49. The lowest BCUT2D eigenvalue weighted by Gasteiger charge is -2.53. The van der Waals surface area contributed by atoms with E-state index in [-0.39, 0.29) is 11.3 Å². The molecule has 1 atom stereocenters. The topological polar surface area (TPSA) is 56.6 Å². The third kappa shape index (κ3) is 2.77. The van der Waals surface area contributed by atoms with E-state index in [2.05, 4.69) is 4.98 Å². The average molecular weight is 307 g/mol. The van der Waals surface area contributed by atoms with Crippen LogP contribution in [0.2, 0.25) is 0 Å². The molecule has 2 heterocycles. The van der Waals surface area contributed by atoms with Crippen molar-refractivity contribution in [3.63, 3.8) is 0 Å². The molecule has 0 radical (unpaired) electrons. The Labute approximate surface area is 131 Å². The number of likely N-dealkylation sites (tertiary alicyclic amines) is 1. The fraction of sp³-hybridized carbons (Fsp3) is 0.750. The van der Waals surface area contributed by atoms with Crippen LogP contribution in [0.25, 0.3) is 0 Å². The van der Waals surface area contributed by atoms with Gasteiger partial charge in [-0.05, 0) is 25.7 Å². The number of hydrogen-bond donors (Lipinski definition) is 0. The van der Waals surface area contributed by atoms with Crippen LogP contribution in [0.15, 0.2) is 12.5 Å². The second-order valence-corrected chi connectivity index (χ2v) is 6.44. The third-order valence-corrected chi connectivity index (χ3v) is 5.28. The van der Waals surface area contributed by atoms with Gasteiger partial charge in [-0.25, -0.2) is 4.98 Å². The number of nitrogens with zero attached hydrogens (tertiary/aromatic N) is 3. The van der Waals surface area contributed by atoms with Crippen molar-refractivity contribution in [3.05, 3.63) is 18.2 Å². The van der Waals surface area contributed by atoms with Crippen molar-refractivity contribution < 1.29 is 14.3 Å². The number of methoxy groups -OCH3 is 1. The Morgan fingerprint density at radius 1 is 1.36 bits per heavy atom. The standard InChI is InChI=1S/C16H25N3O3/c1-18-12-17-11-13(18)15(20)19-7-5-16(6-8-19)4-3-14(16)22-10-9-21-2/h11-12,14H,3-10H2,1-2H3. The van der Waals surface area contributed by atoms with Crippen LogP contribution in [0, 0.1) is 5.41 Å². The van der Waals surface area contributed by atoms with Gasteiger partial charge in [0.1, 0.15) is 5.69 Å². The van der Waals surface area contributed by atoms with Crippen LogP contribution >= 0.6 is 0 Å². The van der Waals surface area contributed by atoms with Gasteiger partial charge >= 0.3 is 0 Å². The number of aromatic nitrogens is 2. The first-order chi connectivity index (χ1) is 10.7. The zero-order valence-corrected chi connectivity index (χ0v) is 13.5. The van der Waals surface area contributed by atoms with Crippen LogP contribution in [0.4, 0.5) is 0 Å². The van der Waals surface area contributed by atoms with Gasteiger partial charge in [-0.15, -0.1) is 0 Å². The molecule has 0 bridgehead atoms. The Bertz CT molecular complexity index is 520. The number of carbonyl (C=O) groups excluding carboxylic acids is 1. The Morgan fingerprint density at radius 2 is 2.14 bits per heavy atom. The summed E-state index contributed by atoms with van der Waals surface area (Å²) in [7, 11) is 3.56. The Kier molecular flexibility index (Phi) is 4.49. The van der Waals surface area contributed by atoms with Crippen LogP contribution in [0.5, 0.6) is 0 Å². The molecule has 0 N–H and O–H groups in total. The van der Waals surface area contributed by atoms with Gasteiger partial charge in [0.2, 0.25) is 0 Å². The lowest BCUT2D eigenvalue weighted by molar-refractivity contribution is -0.139. The summed E-state index contributed by atoms with van der Waals surface area (Å²) in [5.74, 6) is 0.0889. The number of imidazole rings is 1. The van der Waals surface area contributed by atoms with E-state index in [0.29, 0.717) is 25.0 Å². The number of rotatable bonds is 5. The van der Waals surface area contributed by atoms with Crippen molar-refractivity contribution in [2.45, 2.75) is 31.8 Å². The highest BCUT2D eigenvalue weighted by atomic mass is 16.5. The summed E-state index contributed by atoms with van der Waals surface area (Å²) in [6.07, 6.45) is 8.09. The minimum absolute atomic E-state index is 0.0889. The van der Waals surface area contributed by atoms with E-state index in [9.17, 15) is 4.79 Å². The first-order valence-electron chi connectivity index (χ1n) is 8.02. The Hall–Kier alpha value is -1.40. The number of hydrogen-bond acceptors (Lipinski definition) is 4. The Balaban J connectivity index is 1.54. The summed E-state index contributed by atoms with van der Waals surface area (Å²) in [6.45, 7) is 2.95.